The van der Waals surface area contributed by atoms with E-state index in [4.69, 9.17) is 4.74 Å². The lowest BCUT2D eigenvalue weighted by molar-refractivity contribution is 0.416. The molecule has 4 nitrogen and oxygen atoms in total. The summed E-state index contributed by atoms with van der Waals surface area (Å²) in [4.78, 5) is 1.96. The third-order valence-electron chi connectivity index (χ3n) is 3.05. The van der Waals surface area contributed by atoms with Crippen LogP contribution < -0.4 is 9.64 Å². The number of H-pyrrole nitrogens is 1. The topological polar surface area (TPSA) is 41.1 Å². The Labute approximate surface area is 121 Å². The van der Waals surface area contributed by atoms with Gasteiger partial charge in [0.1, 0.15) is 5.75 Å². The van der Waals surface area contributed by atoms with E-state index in [0.717, 1.165) is 33.7 Å². The molecular formula is C14H18BrN3O. The highest BCUT2D eigenvalue weighted by Crippen LogP contribution is 2.38. The molecule has 0 aliphatic rings. The fourth-order valence-electron chi connectivity index (χ4n) is 1.96. The first-order chi connectivity index (χ1) is 9.08. The van der Waals surface area contributed by atoms with Crippen molar-refractivity contribution in [3.63, 3.8) is 0 Å². The minimum Gasteiger partial charge on any atom is -0.496 e. The van der Waals surface area contributed by atoms with Crippen LogP contribution >= 0.6 is 15.9 Å². The van der Waals surface area contributed by atoms with E-state index in [0.29, 0.717) is 0 Å². The third-order valence-corrected chi connectivity index (χ3v) is 3.81. The molecule has 0 bridgehead atoms. The Morgan fingerprint density at radius 2 is 2.11 bits per heavy atom. The maximum atomic E-state index is 5.44. The van der Waals surface area contributed by atoms with Crippen molar-refractivity contribution in [2.75, 3.05) is 26.1 Å². The van der Waals surface area contributed by atoms with Crippen LogP contribution in [0.15, 0.2) is 22.7 Å². The maximum Gasteiger partial charge on any atom is 0.164 e. The van der Waals surface area contributed by atoms with Crippen LogP contribution in [0.4, 0.5) is 5.82 Å². The number of nitrogens with zero attached hydrogens (tertiary/aromatic N) is 2. The van der Waals surface area contributed by atoms with Crippen molar-refractivity contribution in [2.45, 2.75) is 13.3 Å². The molecule has 102 valence electrons. The van der Waals surface area contributed by atoms with E-state index in [9.17, 15) is 0 Å². The number of rotatable bonds is 4. The lowest BCUT2D eigenvalue weighted by atomic mass is 10.1. The van der Waals surface area contributed by atoms with Gasteiger partial charge in [0.25, 0.3) is 0 Å². The van der Waals surface area contributed by atoms with Crippen molar-refractivity contribution in [3.8, 4) is 17.0 Å². The molecule has 0 amide bonds. The molecule has 0 spiro atoms. The zero-order valence-electron chi connectivity index (χ0n) is 11.6. The van der Waals surface area contributed by atoms with Gasteiger partial charge in [0.05, 0.1) is 17.3 Å². The number of halogens is 1. The molecule has 2 aromatic rings. The van der Waals surface area contributed by atoms with Crippen molar-refractivity contribution in [2.24, 2.45) is 0 Å². The maximum absolute atomic E-state index is 5.44. The van der Waals surface area contributed by atoms with Crippen molar-refractivity contribution < 1.29 is 4.74 Å². The lowest BCUT2D eigenvalue weighted by Gasteiger charge is -2.11. The third kappa shape index (κ3) is 2.61. The van der Waals surface area contributed by atoms with Crippen LogP contribution in [0.5, 0.6) is 5.75 Å². The van der Waals surface area contributed by atoms with E-state index in [-0.39, 0.29) is 0 Å². The van der Waals surface area contributed by atoms with Gasteiger partial charge < -0.3 is 9.64 Å². The molecule has 5 heteroatoms. The number of aromatic amines is 1. The van der Waals surface area contributed by atoms with Crippen molar-refractivity contribution in [1.82, 2.24) is 10.2 Å². The van der Waals surface area contributed by atoms with Crippen LogP contribution in [0, 0.1) is 0 Å². The molecule has 0 aliphatic carbocycles. The van der Waals surface area contributed by atoms with E-state index in [1.165, 1.54) is 5.56 Å². The fourth-order valence-corrected chi connectivity index (χ4v) is 2.71. The summed E-state index contributed by atoms with van der Waals surface area (Å²) in [7, 11) is 5.61. The smallest absolute Gasteiger partial charge is 0.164 e. The number of nitrogens with one attached hydrogen (secondary N) is 1. The summed E-state index contributed by atoms with van der Waals surface area (Å²) in [6, 6.07) is 6.22. The number of ether oxygens (including phenoxy) is 1. The lowest BCUT2D eigenvalue weighted by Crippen LogP contribution is -2.09. The van der Waals surface area contributed by atoms with Crippen molar-refractivity contribution in [3.05, 3.63) is 28.2 Å². The second-order valence-corrected chi connectivity index (χ2v) is 5.31. The van der Waals surface area contributed by atoms with Gasteiger partial charge in [-0.25, -0.2) is 0 Å². The minimum absolute atomic E-state index is 0.840. The average Bonchev–Trinajstić information content (AvgIpc) is 2.79. The molecule has 2 rings (SSSR count). The zero-order valence-corrected chi connectivity index (χ0v) is 13.2. The zero-order chi connectivity index (χ0) is 14.0. The summed E-state index contributed by atoms with van der Waals surface area (Å²) in [5, 5.41) is 7.40. The molecule has 0 aliphatic heterocycles. The quantitative estimate of drug-likeness (QED) is 0.936. The number of aromatic nitrogens is 2. The molecule has 0 unspecified atom stereocenters. The number of methoxy groups -OCH3 is 1. The second-order valence-electron chi connectivity index (χ2n) is 4.52. The van der Waals surface area contributed by atoms with Crippen LogP contribution in [-0.2, 0) is 6.42 Å². The van der Waals surface area contributed by atoms with Crippen LogP contribution in [0.1, 0.15) is 12.5 Å². The van der Waals surface area contributed by atoms with Gasteiger partial charge in [-0.05, 0) is 40.0 Å². The molecule has 1 heterocycles. The van der Waals surface area contributed by atoms with Crippen LogP contribution in [0.3, 0.4) is 0 Å². The van der Waals surface area contributed by atoms with E-state index in [2.05, 4.69) is 45.2 Å². The first kappa shape index (κ1) is 13.9. The van der Waals surface area contributed by atoms with E-state index >= 15 is 0 Å². The number of anilines is 1. The monoisotopic (exact) mass is 323 g/mol. The summed E-state index contributed by atoms with van der Waals surface area (Å²) in [6.07, 6.45) is 0.989. The fraction of sp³-hybridized carbons (Fsp3) is 0.357. The molecule has 0 atom stereocenters. The van der Waals surface area contributed by atoms with E-state index < -0.39 is 0 Å². The van der Waals surface area contributed by atoms with Crippen LogP contribution in [0.2, 0.25) is 0 Å². The summed E-state index contributed by atoms with van der Waals surface area (Å²) in [5.74, 6) is 1.71. The van der Waals surface area contributed by atoms with Gasteiger partial charge in [-0.15, -0.1) is 0 Å². The highest BCUT2D eigenvalue weighted by molar-refractivity contribution is 9.10. The van der Waals surface area contributed by atoms with Gasteiger partial charge >= 0.3 is 0 Å². The standard InChI is InChI=1S/C14H18BrN3O/c1-5-9-6-7-11(19-4)10(8-9)13-12(15)14(17-16-13)18(2)3/h6-8H,5H2,1-4H3,(H,16,17). The molecule has 19 heavy (non-hydrogen) atoms. The summed E-state index contributed by atoms with van der Waals surface area (Å²) in [5.41, 5.74) is 3.23. The van der Waals surface area contributed by atoms with Gasteiger partial charge in [-0.1, -0.05) is 13.0 Å². The van der Waals surface area contributed by atoms with E-state index in [1.807, 2.05) is 25.1 Å². The molecular weight excluding hydrogens is 306 g/mol. The Morgan fingerprint density at radius 3 is 2.63 bits per heavy atom. The SMILES string of the molecule is CCc1ccc(OC)c(-c2[nH]nc(N(C)C)c2Br)c1. The summed E-state index contributed by atoms with van der Waals surface area (Å²) < 4.78 is 6.39. The number of benzene rings is 1. The van der Waals surface area contributed by atoms with Crippen molar-refractivity contribution in [1.29, 1.82) is 0 Å². The molecule has 1 aromatic heterocycles. The minimum atomic E-state index is 0.840. The first-order valence-corrected chi connectivity index (χ1v) is 6.96. The second kappa shape index (κ2) is 5.65. The summed E-state index contributed by atoms with van der Waals surface area (Å²) >= 11 is 3.61. The Morgan fingerprint density at radius 1 is 1.37 bits per heavy atom. The molecule has 0 radical (unpaired) electrons. The molecule has 0 fully saturated rings. The molecule has 0 saturated heterocycles. The Hall–Kier alpha value is -1.49. The highest BCUT2D eigenvalue weighted by atomic mass is 79.9. The summed E-state index contributed by atoms with van der Waals surface area (Å²) in [6.45, 7) is 2.14. The van der Waals surface area contributed by atoms with Gasteiger partial charge in [-0.2, -0.15) is 5.10 Å². The predicted octanol–water partition coefficient (Wildman–Crippen LogP) is 3.48. The average molecular weight is 324 g/mol. The number of hydrogen-bond donors (Lipinski definition) is 1. The number of hydrogen-bond acceptors (Lipinski definition) is 3. The Bertz CT molecular complexity index is 578. The molecule has 1 aromatic carbocycles. The van der Waals surface area contributed by atoms with Crippen molar-refractivity contribution >= 4 is 21.7 Å². The van der Waals surface area contributed by atoms with Gasteiger partial charge in [0.15, 0.2) is 5.82 Å². The van der Waals surface area contributed by atoms with Crippen LogP contribution in [-0.4, -0.2) is 31.4 Å². The number of aryl methyl sites for hydroxylation is 1. The molecule has 0 saturated carbocycles. The Kier molecular flexibility index (Phi) is 4.14. The molecule has 1 N–H and O–H groups in total. The van der Waals surface area contributed by atoms with Crippen LogP contribution in [0.25, 0.3) is 11.3 Å². The highest BCUT2D eigenvalue weighted by Gasteiger charge is 2.17. The normalized spacial score (nSPS) is 10.6. The van der Waals surface area contributed by atoms with E-state index in [1.54, 1.807) is 7.11 Å². The first-order valence-electron chi connectivity index (χ1n) is 6.17. The van der Waals surface area contributed by atoms with Gasteiger partial charge in [0, 0.05) is 19.7 Å². The Balaban J connectivity index is 2.57. The van der Waals surface area contributed by atoms with Gasteiger partial charge in [-0.3, -0.25) is 5.10 Å². The van der Waals surface area contributed by atoms with Gasteiger partial charge in [0.2, 0.25) is 0 Å². The predicted molar refractivity (Wildman–Crippen MR) is 82.0 cm³/mol. The largest absolute Gasteiger partial charge is 0.496 e.